The molecule has 3 aliphatic rings. The summed E-state index contributed by atoms with van der Waals surface area (Å²) in [4.78, 5) is 31.7. The van der Waals surface area contributed by atoms with Crippen LogP contribution in [0.5, 0.6) is 28.9 Å². The van der Waals surface area contributed by atoms with Gasteiger partial charge >= 0.3 is 5.97 Å². The highest BCUT2D eigenvalue weighted by Gasteiger charge is 2.30. The Balaban J connectivity index is 1.13. The molecule has 1 N–H and O–H groups in total. The average Bonchev–Trinajstić information content (AvgIpc) is 3.70. The Kier molecular flexibility index (Phi) is 12.3. The summed E-state index contributed by atoms with van der Waals surface area (Å²) in [6, 6.07) is 25.8. The van der Waals surface area contributed by atoms with Gasteiger partial charge in [-0.2, -0.15) is 0 Å². The van der Waals surface area contributed by atoms with Crippen molar-refractivity contribution in [3.63, 3.8) is 0 Å². The fourth-order valence-corrected chi connectivity index (χ4v) is 8.26. The minimum atomic E-state index is -1.46. The van der Waals surface area contributed by atoms with Gasteiger partial charge in [-0.3, -0.25) is 4.90 Å². The van der Waals surface area contributed by atoms with Gasteiger partial charge in [-0.05, 0) is 91.8 Å². The second-order valence-electron chi connectivity index (χ2n) is 15.8. The number of fused-ring (bicyclic) bond motifs is 7. The Hall–Kier alpha value is -6.74. The van der Waals surface area contributed by atoms with E-state index in [1.165, 1.54) is 18.3 Å². The third kappa shape index (κ3) is 9.03. The van der Waals surface area contributed by atoms with Crippen LogP contribution in [0.2, 0.25) is 5.02 Å². The second-order valence-corrected chi connectivity index (χ2v) is 16.2. The molecule has 0 aliphatic carbocycles. The lowest BCUT2D eigenvalue weighted by Crippen LogP contribution is -2.49. The molecular weight excluding hydrogens is 841 g/mol. The number of carboxylic acids is 1. The zero-order valence-electron chi connectivity index (χ0n) is 35.4. The van der Waals surface area contributed by atoms with Gasteiger partial charge in [0.15, 0.2) is 5.82 Å². The molecular formula is C49H45ClFN5O8. The first-order valence-electron chi connectivity index (χ1n) is 20.9. The number of piperazine rings is 1. The molecule has 3 aromatic heterocycles. The average molecular weight is 886 g/mol. The summed E-state index contributed by atoms with van der Waals surface area (Å²) >= 11 is 7.21. The third-order valence-corrected chi connectivity index (χ3v) is 12.0. The van der Waals surface area contributed by atoms with Crippen LogP contribution in [0.15, 0.2) is 108 Å². The van der Waals surface area contributed by atoms with Gasteiger partial charge in [0.1, 0.15) is 59.5 Å². The zero-order valence-corrected chi connectivity index (χ0v) is 36.2. The summed E-state index contributed by atoms with van der Waals surface area (Å²) < 4.78 is 52.3. The number of carbonyl (C=O) groups is 1. The largest absolute Gasteiger partial charge is 0.496 e. The number of methoxy groups -OCH3 is 1. The Morgan fingerprint density at radius 3 is 2.52 bits per heavy atom. The first-order valence-corrected chi connectivity index (χ1v) is 21.3. The smallest absolute Gasteiger partial charge is 0.345 e. The molecule has 0 radical (unpaired) electrons. The number of rotatable bonds is 9. The number of furan rings is 1. The van der Waals surface area contributed by atoms with E-state index in [-0.39, 0.29) is 25.5 Å². The van der Waals surface area contributed by atoms with Crippen molar-refractivity contribution >= 4 is 28.5 Å². The molecule has 3 aliphatic heterocycles. The van der Waals surface area contributed by atoms with Gasteiger partial charge in [0, 0.05) is 74.3 Å². The van der Waals surface area contributed by atoms with E-state index in [1.807, 2.05) is 43.3 Å². The number of nitrogens with zero attached hydrogens (tertiary/aromatic N) is 5. The monoisotopic (exact) mass is 885 g/mol. The quantitative estimate of drug-likeness (QED) is 0.148. The Morgan fingerprint density at radius 2 is 1.72 bits per heavy atom. The number of benzene rings is 4. The van der Waals surface area contributed by atoms with Crippen LogP contribution in [0, 0.1) is 12.7 Å². The summed E-state index contributed by atoms with van der Waals surface area (Å²) in [5, 5.41) is 11.6. The van der Waals surface area contributed by atoms with Gasteiger partial charge in [0.25, 0.3) is 0 Å². The third-order valence-electron chi connectivity index (χ3n) is 11.5. The summed E-state index contributed by atoms with van der Waals surface area (Å²) in [7, 11) is 3.70. The number of aromatic nitrogens is 3. The molecule has 0 amide bonds. The number of hydrogen-bond donors (Lipinski definition) is 1. The summed E-state index contributed by atoms with van der Waals surface area (Å²) in [5.41, 5.74) is 4.65. The zero-order chi connectivity index (χ0) is 44.3. The summed E-state index contributed by atoms with van der Waals surface area (Å²) in [6.07, 6.45) is 1.09. The van der Waals surface area contributed by atoms with Crippen LogP contribution < -0.4 is 23.7 Å². The van der Waals surface area contributed by atoms with Crippen molar-refractivity contribution in [2.45, 2.75) is 32.2 Å². The number of halogens is 2. The van der Waals surface area contributed by atoms with Crippen molar-refractivity contribution in [1.82, 2.24) is 24.8 Å². The molecule has 328 valence electrons. The molecule has 64 heavy (non-hydrogen) atoms. The topological polar surface area (TPSA) is 142 Å². The molecule has 7 aromatic rings. The van der Waals surface area contributed by atoms with E-state index >= 15 is 0 Å². The van der Waals surface area contributed by atoms with E-state index in [1.54, 1.807) is 55.8 Å². The fraction of sp³-hybridized carbons (Fsp3) is 0.265. The van der Waals surface area contributed by atoms with Crippen LogP contribution >= 0.6 is 11.6 Å². The number of aliphatic carboxylic acids is 1. The van der Waals surface area contributed by atoms with Gasteiger partial charge in [0.2, 0.25) is 12.0 Å². The molecule has 0 unspecified atom stereocenters. The standard InChI is InChI=1S/C49H45ClFN5O8/c1-29-36-13-15-41(45(29)50)62-35(26-56-22-20-55(2)21-23-56)28-60-34-12-14-38(61-27-33-16-18-52-47(54-33)37-6-4-5-7-39(37)59-3)31(24-34)25-42(49(57)58)64-48-44-40(17-19-53-48)63-46(43(36)44)30-8-10-32(51)11-9-30/h4-19,24,35,42H,20-23,25-28H2,1-3H3,(H,57,58)/t35-,42-/m1/s1. The lowest BCUT2D eigenvalue weighted by molar-refractivity contribution is -0.145. The molecule has 4 aromatic carbocycles. The van der Waals surface area contributed by atoms with Gasteiger partial charge in [-0.15, -0.1) is 0 Å². The van der Waals surface area contributed by atoms with Crippen LogP contribution in [0.25, 0.3) is 44.8 Å². The van der Waals surface area contributed by atoms with Crippen molar-refractivity contribution in [3.8, 4) is 62.7 Å². The van der Waals surface area contributed by atoms with Crippen molar-refractivity contribution in [2.75, 3.05) is 53.5 Å². The first-order chi connectivity index (χ1) is 31.1. The van der Waals surface area contributed by atoms with E-state index in [2.05, 4.69) is 26.8 Å². The molecule has 4 bridgehead atoms. The maximum Gasteiger partial charge on any atom is 0.345 e. The molecule has 0 spiro atoms. The molecule has 2 atom stereocenters. The van der Waals surface area contributed by atoms with Gasteiger partial charge in [-0.1, -0.05) is 29.8 Å². The number of para-hydroxylation sites is 1. The van der Waals surface area contributed by atoms with Gasteiger partial charge < -0.3 is 38.1 Å². The molecule has 15 heteroatoms. The van der Waals surface area contributed by atoms with E-state index in [0.717, 1.165) is 31.7 Å². The first kappa shape index (κ1) is 42.6. The van der Waals surface area contributed by atoms with Crippen LogP contribution in [-0.2, 0) is 17.8 Å². The van der Waals surface area contributed by atoms with Crippen LogP contribution in [-0.4, -0.2) is 102 Å². The lowest BCUT2D eigenvalue weighted by atomic mass is 9.95. The van der Waals surface area contributed by atoms with E-state index in [9.17, 15) is 14.3 Å². The Morgan fingerprint density at radius 1 is 0.922 bits per heavy atom. The van der Waals surface area contributed by atoms with E-state index in [0.29, 0.717) is 90.6 Å². The molecule has 10 rings (SSSR count). The molecule has 1 saturated heterocycles. The van der Waals surface area contributed by atoms with E-state index < -0.39 is 24.0 Å². The van der Waals surface area contributed by atoms with Gasteiger partial charge in [0.05, 0.1) is 28.8 Å². The van der Waals surface area contributed by atoms with Crippen molar-refractivity contribution in [1.29, 1.82) is 0 Å². The van der Waals surface area contributed by atoms with Crippen LogP contribution in [0.1, 0.15) is 16.8 Å². The molecule has 6 heterocycles. The number of carboxylic acid groups (broad SMARTS) is 1. The highest BCUT2D eigenvalue weighted by molar-refractivity contribution is 6.33. The normalized spacial score (nSPS) is 17.0. The number of likely N-dealkylation sites (N-methyl/N-ethyl adjacent to an activating group) is 1. The van der Waals surface area contributed by atoms with Gasteiger partial charge in [-0.25, -0.2) is 24.1 Å². The minimum Gasteiger partial charge on any atom is -0.496 e. The summed E-state index contributed by atoms with van der Waals surface area (Å²) in [6.45, 7) is 6.20. The highest BCUT2D eigenvalue weighted by Crippen LogP contribution is 2.47. The number of pyridine rings is 1. The molecule has 1 fully saturated rings. The summed E-state index contributed by atoms with van der Waals surface area (Å²) in [5.74, 6) is 1.21. The van der Waals surface area contributed by atoms with Crippen molar-refractivity contribution in [2.24, 2.45) is 0 Å². The fourth-order valence-electron chi connectivity index (χ4n) is 8.05. The number of ether oxygens (including phenoxy) is 5. The maximum absolute atomic E-state index is 14.2. The minimum absolute atomic E-state index is 0.0177. The van der Waals surface area contributed by atoms with E-state index in [4.69, 9.17) is 44.7 Å². The second kappa shape index (κ2) is 18.5. The number of hydrogen-bond acceptors (Lipinski definition) is 12. The predicted molar refractivity (Wildman–Crippen MR) is 239 cm³/mol. The SMILES string of the molecule is COc1ccccc1-c1nccc(COc2ccc3cc2C[C@H](C(=O)O)Oc2nccc4oc(-c5ccc(F)cc5)c(c24)-c2ccc(c(Cl)c2C)O[C@H](CN2CCN(C)CC2)CO3)n1. The predicted octanol–water partition coefficient (Wildman–Crippen LogP) is 8.77. The van der Waals surface area contributed by atoms with Crippen molar-refractivity contribution < 1.29 is 42.4 Å². The highest BCUT2D eigenvalue weighted by atomic mass is 35.5. The van der Waals surface area contributed by atoms with Crippen LogP contribution in [0.3, 0.4) is 0 Å². The maximum atomic E-state index is 14.2. The molecule has 0 saturated carbocycles. The Labute approximate surface area is 373 Å². The Bertz CT molecular complexity index is 2810. The lowest BCUT2D eigenvalue weighted by Gasteiger charge is -2.34. The molecule has 13 nitrogen and oxygen atoms in total. The van der Waals surface area contributed by atoms with Crippen molar-refractivity contribution in [3.05, 3.63) is 131 Å². The van der Waals surface area contributed by atoms with Crippen LogP contribution in [0.4, 0.5) is 4.39 Å².